The molecule has 2 aliphatic heterocycles. The van der Waals surface area contributed by atoms with Gasteiger partial charge in [-0.3, -0.25) is 0 Å². The largest absolute Gasteiger partial charge is 0.433 e. The zero-order valence-corrected chi connectivity index (χ0v) is 21.4. The normalized spacial score (nSPS) is 16.2. The van der Waals surface area contributed by atoms with Crippen LogP contribution < -0.4 is 20.4 Å². The Morgan fingerprint density at radius 3 is 1.95 bits per heavy atom. The van der Waals surface area contributed by atoms with Gasteiger partial charge in [-0.2, -0.15) is 13.2 Å². The zero-order valence-electron chi connectivity index (χ0n) is 21.4. The van der Waals surface area contributed by atoms with Gasteiger partial charge in [0.05, 0.1) is 38.3 Å². The van der Waals surface area contributed by atoms with Crippen LogP contribution >= 0.6 is 0 Å². The number of anilines is 4. The number of urea groups is 1. The van der Waals surface area contributed by atoms with Crippen LogP contribution in [0.1, 0.15) is 11.3 Å². The van der Waals surface area contributed by atoms with Crippen molar-refractivity contribution in [2.24, 2.45) is 0 Å². The molecule has 2 fully saturated rings. The highest BCUT2D eigenvalue weighted by molar-refractivity contribution is 6.00. The summed E-state index contributed by atoms with van der Waals surface area (Å²) < 4.78 is 49.3. The summed E-state index contributed by atoms with van der Waals surface area (Å²) in [6.07, 6.45) is -3.57. The number of ether oxygens (including phenoxy) is 2. The lowest BCUT2D eigenvalue weighted by atomic mass is 10.00. The van der Waals surface area contributed by atoms with Crippen LogP contribution in [0.25, 0.3) is 11.1 Å². The van der Waals surface area contributed by atoms with Crippen molar-refractivity contribution in [3.8, 4) is 11.1 Å². The van der Waals surface area contributed by atoms with Gasteiger partial charge < -0.3 is 29.9 Å². The Balaban J connectivity index is 1.39. The highest BCUT2D eigenvalue weighted by Crippen LogP contribution is 2.33. The molecular weight excluding hydrogens is 513 g/mol. The van der Waals surface area contributed by atoms with Crippen LogP contribution in [0.5, 0.6) is 0 Å². The summed E-state index contributed by atoms with van der Waals surface area (Å²) in [6, 6.07) is 11.1. The maximum Gasteiger partial charge on any atom is 0.433 e. The number of carbonyl (C=O) groups excluding carboxylic acids is 1. The van der Waals surface area contributed by atoms with E-state index in [1.54, 1.807) is 6.07 Å². The quantitative estimate of drug-likeness (QED) is 0.479. The van der Waals surface area contributed by atoms with E-state index >= 15 is 0 Å². The number of halogens is 3. The second kappa shape index (κ2) is 11.5. The number of aromatic nitrogens is 2. The third-order valence-electron chi connectivity index (χ3n) is 6.59. The van der Waals surface area contributed by atoms with Crippen LogP contribution in [0, 0.1) is 6.92 Å². The Morgan fingerprint density at radius 2 is 1.41 bits per heavy atom. The van der Waals surface area contributed by atoms with Crippen molar-refractivity contribution in [3.05, 3.63) is 59.9 Å². The molecule has 3 aromatic rings. The lowest BCUT2D eigenvalue weighted by Gasteiger charge is -2.32. The number of alkyl halides is 3. The number of aryl methyl sites for hydroxylation is 1. The summed E-state index contributed by atoms with van der Waals surface area (Å²) in [5.74, 6) is 1.73. The topological polar surface area (TPSA) is 91.9 Å². The fraction of sp³-hybridized carbons (Fsp3) is 0.370. The Labute approximate surface area is 223 Å². The molecule has 39 heavy (non-hydrogen) atoms. The third-order valence-corrected chi connectivity index (χ3v) is 6.59. The van der Waals surface area contributed by atoms with Crippen molar-refractivity contribution >= 4 is 29.0 Å². The molecular formula is C27H29F3N6O3. The predicted octanol–water partition coefficient (Wildman–Crippen LogP) is 4.79. The van der Waals surface area contributed by atoms with E-state index in [0.717, 1.165) is 72.8 Å². The van der Waals surface area contributed by atoms with E-state index in [9.17, 15) is 18.0 Å². The molecule has 0 radical (unpaired) electrons. The number of hydrogen-bond donors (Lipinski definition) is 2. The first-order valence-electron chi connectivity index (χ1n) is 12.7. The number of nitrogens with one attached hydrogen (secondary N) is 2. The van der Waals surface area contributed by atoms with Gasteiger partial charge in [0, 0.05) is 31.9 Å². The SMILES string of the molecule is Cc1ccc(NC(=O)Nc2ccc(C(F)(F)F)nc2)cc1-c1cc(N2CCOCC2)nc(N2CCOCC2)c1. The molecule has 1 aromatic carbocycles. The molecule has 206 valence electrons. The fourth-order valence-electron chi connectivity index (χ4n) is 4.51. The minimum absolute atomic E-state index is 0.146. The summed E-state index contributed by atoms with van der Waals surface area (Å²) in [5, 5.41) is 5.28. The average molecular weight is 543 g/mol. The van der Waals surface area contributed by atoms with Gasteiger partial charge in [-0.1, -0.05) is 6.07 Å². The Hall–Kier alpha value is -3.90. The highest BCUT2D eigenvalue weighted by atomic mass is 19.4. The zero-order chi connectivity index (χ0) is 27.4. The van der Waals surface area contributed by atoms with Crippen LogP contribution in [-0.2, 0) is 15.7 Å². The van der Waals surface area contributed by atoms with Gasteiger partial charge in [0.25, 0.3) is 0 Å². The summed E-state index contributed by atoms with van der Waals surface area (Å²) >= 11 is 0. The Kier molecular flexibility index (Phi) is 7.84. The van der Waals surface area contributed by atoms with Crippen LogP contribution in [0.15, 0.2) is 48.7 Å². The van der Waals surface area contributed by atoms with E-state index in [2.05, 4.69) is 37.6 Å². The summed E-state index contributed by atoms with van der Waals surface area (Å²) in [5.41, 5.74) is 2.55. The molecule has 0 aliphatic carbocycles. The molecule has 12 heteroatoms. The molecule has 0 unspecified atom stereocenters. The molecule has 2 aromatic heterocycles. The highest BCUT2D eigenvalue weighted by Gasteiger charge is 2.32. The number of amides is 2. The van der Waals surface area contributed by atoms with Crippen LogP contribution in [-0.4, -0.2) is 68.6 Å². The van der Waals surface area contributed by atoms with Gasteiger partial charge in [0.1, 0.15) is 17.3 Å². The van der Waals surface area contributed by atoms with E-state index in [1.165, 1.54) is 0 Å². The Bertz CT molecular complexity index is 1270. The minimum atomic E-state index is -4.55. The van der Waals surface area contributed by atoms with E-state index in [-0.39, 0.29) is 5.69 Å². The molecule has 2 aliphatic rings. The van der Waals surface area contributed by atoms with Crippen molar-refractivity contribution in [1.82, 2.24) is 9.97 Å². The van der Waals surface area contributed by atoms with Crippen molar-refractivity contribution in [2.75, 3.05) is 73.0 Å². The van der Waals surface area contributed by atoms with E-state index in [4.69, 9.17) is 14.5 Å². The van der Waals surface area contributed by atoms with Crippen LogP contribution in [0.3, 0.4) is 0 Å². The molecule has 2 amide bonds. The maximum absolute atomic E-state index is 12.8. The number of benzene rings is 1. The minimum Gasteiger partial charge on any atom is -0.378 e. The second-order valence-corrected chi connectivity index (χ2v) is 9.31. The van der Waals surface area contributed by atoms with Gasteiger partial charge in [0.15, 0.2) is 0 Å². The fourth-order valence-corrected chi connectivity index (χ4v) is 4.51. The van der Waals surface area contributed by atoms with Gasteiger partial charge in [0.2, 0.25) is 0 Å². The van der Waals surface area contributed by atoms with E-state index in [0.29, 0.717) is 32.1 Å². The molecule has 2 N–H and O–H groups in total. The van der Waals surface area contributed by atoms with Crippen molar-refractivity contribution in [2.45, 2.75) is 13.1 Å². The number of nitrogens with zero attached hydrogens (tertiary/aromatic N) is 4. The first-order chi connectivity index (χ1) is 18.8. The smallest absolute Gasteiger partial charge is 0.378 e. The Morgan fingerprint density at radius 1 is 0.846 bits per heavy atom. The van der Waals surface area contributed by atoms with Gasteiger partial charge in [-0.25, -0.2) is 14.8 Å². The van der Waals surface area contributed by atoms with Gasteiger partial charge >= 0.3 is 12.2 Å². The summed E-state index contributed by atoms with van der Waals surface area (Å²) in [6.45, 7) is 7.55. The van der Waals surface area contributed by atoms with Crippen molar-refractivity contribution in [3.63, 3.8) is 0 Å². The number of hydrogen-bond acceptors (Lipinski definition) is 7. The van der Waals surface area contributed by atoms with Gasteiger partial charge in [-0.05, 0) is 60.0 Å². The number of pyridine rings is 2. The molecule has 0 saturated carbocycles. The first kappa shape index (κ1) is 26.7. The lowest BCUT2D eigenvalue weighted by molar-refractivity contribution is -0.141. The lowest BCUT2D eigenvalue weighted by Crippen LogP contribution is -2.39. The monoisotopic (exact) mass is 542 g/mol. The molecule has 0 atom stereocenters. The standard InChI is InChI=1S/C27H29F3N6O3/c1-18-2-3-20(32-26(37)33-21-4-5-23(31-17-21)27(28,29)30)16-22(18)19-14-24(35-6-10-38-11-7-35)34-25(15-19)36-8-12-39-13-9-36/h2-5,14-17H,6-13H2,1H3,(H2,32,33,37). The number of rotatable bonds is 5. The van der Waals surface area contributed by atoms with Crippen molar-refractivity contribution in [1.29, 1.82) is 0 Å². The van der Waals surface area contributed by atoms with Crippen LogP contribution in [0.2, 0.25) is 0 Å². The van der Waals surface area contributed by atoms with Crippen LogP contribution in [0.4, 0.5) is 41.0 Å². The molecule has 5 rings (SSSR count). The molecule has 0 spiro atoms. The first-order valence-corrected chi connectivity index (χ1v) is 12.7. The van der Waals surface area contributed by atoms with Crippen molar-refractivity contribution < 1.29 is 27.4 Å². The number of carbonyl (C=O) groups is 1. The van der Waals surface area contributed by atoms with E-state index < -0.39 is 17.9 Å². The molecule has 9 nitrogen and oxygen atoms in total. The van der Waals surface area contributed by atoms with E-state index in [1.807, 2.05) is 19.1 Å². The van der Waals surface area contributed by atoms with Gasteiger partial charge in [-0.15, -0.1) is 0 Å². The average Bonchev–Trinajstić information content (AvgIpc) is 2.94. The second-order valence-electron chi connectivity index (χ2n) is 9.31. The number of morpholine rings is 2. The summed E-state index contributed by atoms with van der Waals surface area (Å²) in [7, 11) is 0. The molecule has 4 heterocycles. The third kappa shape index (κ3) is 6.58. The molecule has 2 saturated heterocycles. The summed E-state index contributed by atoms with van der Waals surface area (Å²) in [4.78, 5) is 25.3. The predicted molar refractivity (Wildman–Crippen MR) is 142 cm³/mol. The molecule has 0 bridgehead atoms. The maximum atomic E-state index is 12.8.